The molecule has 0 atom stereocenters. The number of hydrogen-bond donors (Lipinski definition) is 3. The van der Waals surface area contributed by atoms with E-state index in [2.05, 4.69) is 10.3 Å². The Hall–Kier alpha value is -2.63. The molecule has 0 aliphatic rings. The molecule has 0 radical (unpaired) electrons. The number of carboxylic acid groups (broad SMARTS) is 2. The second-order valence-electron chi connectivity index (χ2n) is 3.96. The number of carbonyl (C=O) groups is 2. The molecule has 0 amide bonds. The van der Waals surface area contributed by atoms with Crippen molar-refractivity contribution in [3.63, 3.8) is 0 Å². The standard InChI is InChI=1S/C13H12N2O4/c1-14-11-8(6-10(16)17)7-4-2-3-5-9(7)15-12(11)13(18)19/h2-5,14H,6H2,1H3,(H,16,17)(H,18,19). The minimum absolute atomic E-state index is 0.169. The number of nitrogens with zero attached hydrogens (tertiary/aromatic N) is 1. The Bertz CT molecular complexity index is 667. The van der Waals surface area contributed by atoms with Crippen LogP contribution >= 0.6 is 0 Å². The molecule has 0 saturated heterocycles. The van der Waals surface area contributed by atoms with Crippen LogP contribution in [-0.2, 0) is 11.2 Å². The van der Waals surface area contributed by atoms with Crippen LogP contribution in [0.1, 0.15) is 16.1 Å². The van der Waals surface area contributed by atoms with Crippen molar-refractivity contribution in [3.8, 4) is 0 Å². The van der Waals surface area contributed by atoms with Gasteiger partial charge in [0, 0.05) is 12.4 Å². The molecular formula is C13H12N2O4. The molecule has 1 aromatic heterocycles. The Morgan fingerprint density at radius 1 is 1.26 bits per heavy atom. The maximum atomic E-state index is 11.2. The van der Waals surface area contributed by atoms with Crippen molar-refractivity contribution >= 4 is 28.5 Å². The van der Waals surface area contributed by atoms with E-state index in [4.69, 9.17) is 10.2 Å². The van der Waals surface area contributed by atoms with Crippen LogP contribution < -0.4 is 5.32 Å². The second kappa shape index (κ2) is 4.93. The fourth-order valence-corrected chi connectivity index (χ4v) is 2.04. The average Bonchev–Trinajstić information content (AvgIpc) is 2.37. The Morgan fingerprint density at radius 3 is 2.53 bits per heavy atom. The van der Waals surface area contributed by atoms with Crippen molar-refractivity contribution in [3.05, 3.63) is 35.5 Å². The molecule has 0 fully saturated rings. The third-order valence-electron chi connectivity index (χ3n) is 2.78. The first-order valence-corrected chi connectivity index (χ1v) is 5.59. The van der Waals surface area contributed by atoms with Gasteiger partial charge in [0.15, 0.2) is 5.69 Å². The summed E-state index contributed by atoms with van der Waals surface area (Å²) in [4.78, 5) is 26.2. The lowest BCUT2D eigenvalue weighted by molar-refractivity contribution is -0.136. The summed E-state index contributed by atoms with van der Waals surface area (Å²) in [5, 5.41) is 21.5. The lowest BCUT2D eigenvalue weighted by Crippen LogP contribution is -2.12. The van der Waals surface area contributed by atoms with Crippen LogP contribution in [0.4, 0.5) is 5.69 Å². The van der Waals surface area contributed by atoms with Gasteiger partial charge in [-0.3, -0.25) is 4.79 Å². The second-order valence-corrected chi connectivity index (χ2v) is 3.96. The highest BCUT2D eigenvalue weighted by Crippen LogP contribution is 2.28. The van der Waals surface area contributed by atoms with Gasteiger partial charge >= 0.3 is 11.9 Å². The number of rotatable bonds is 4. The summed E-state index contributed by atoms with van der Waals surface area (Å²) >= 11 is 0. The van der Waals surface area contributed by atoms with Gasteiger partial charge < -0.3 is 15.5 Å². The van der Waals surface area contributed by atoms with Crippen molar-refractivity contribution in [1.82, 2.24) is 4.98 Å². The molecule has 0 aliphatic heterocycles. The van der Waals surface area contributed by atoms with Gasteiger partial charge in [-0.05, 0) is 11.6 Å². The summed E-state index contributed by atoms with van der Waals surface area (Å²) in [6.45, 7) is 0. The van der Waals surface area contributed by atoms with Crippen LogP contribution in [0.25, 0.3) is 10.9 Å². The predicted molar refractivity (Wildman–Crippen MR) is 69.6 cm³/mol. The molecular weight excluding hydrogens is 248 g/mol. The number of aliphatic carboxylic acids is 1. The van der Waals surface area contributed by atoms with Gasteiger partial charge in [-0.25, -0.2) is 9.78 Å². The number of anilines is 1. The number of benzene rings is 1. The Labute approximate surface area is 108 Å². The average molecular weight is 260 g/mol. The van der Waals surface area contributed by atoms with Gasteiger partial charge in [-0.2, -0.15) is 0 Å². The lowest BCUT2D eigenvalue weighted by Gasteiger charge is -2.13. The summed E-state index contributed by atoms with van der Waals surface area (Å²) in [5.74, 6) is -2.22. The Kier molecular flexibility index (Phi) is 3.33. The number of nitrogens with one attached hydrogen (secondary N) is 1. The zero-order valence-corrected chi connectivity index (χ0v) is 10.2. The lowest BCUT2D eigenvalue weighted by atomic mass is 10.0. The smallest absolute Gasteiger partial charge is 0.356 e. The van der Waals surface area contributed by atoms with Gasteiger partial charge in [0.05, 0.1) is 17.6 Å². The van der Waals surface area contributed by atoms with Gasteiger partial charge in [-0.15, -0.1) is 0 Å². The third-order valence-corrected chi connectivity index (χ3v) is 2.78. The van der Waals surface area contributed by atoms with Crippen LogP contribution in [-0.4, -0.2) is 34.2 Å². The van der Waals surface area contributed by atoms with Gasteiger partial charge in [0.25, 0.3) is 0 Å². The minimum Gasteiger partial charge on any atom is -0.481 e. The maximum absolute atomic E-state index is 11.2. The third kappa shape index (κ3) is 2.33. The van der Waals surface area contributed by atoms with E-state index in [-0.39, 0.29) is 17.8 Å². The number of para-hydroxylation sites is 1. The fraction of sp³-hybridized carbons (Fsp3) is 0.154. The Balaban J connectivity index is 2.84. The molecule has 2 aromatic rings. The number of carboxylic acids is 2. The molecule has 2 rings (SSSR count). The number of pyridine rings is 1. The van der Waals surface area contributed by atoms with Crippen molar-refractivity contribution in [2.75, 3.05) is 12.4 Å². The highest BCUT2D eigenvalue weighted by Gasteiger charge is 2.20. The molecule has 98 valence electrons. The van der Waals surface area contributed by atoms with E-state index in [1.165, 1.54) is 0 Å². The molecule has 0 unspecified atom stereocenters. The quantitative estimate of drug-likeness (QED) is 0.772. The summed E-state index contributed by atoms with van der Waals surface area (Å²) in [6, 6.07) is 6.87. The van der Waals surface area contributed by atoms with Crippen molar-refractivity contribution in [1.29, 1.82) is 0 Å². The van der Waals surface area contributed by atoms with Crippen molar-refractivity contribution < 1.29 is 19.8 Å². The van der Waals surface area contributed by atoms with Gasteiger partial charge in [-0.1, -0.05) is 18.2 Å². The molecule has 0 saturated carbocycles. The molecule has 1 aromatic carbocycles. The molecule has 0 aliphatic carbocycles. The first kappa shape index (κ1) is 12.8. The van der Waals surface area contributed by atoms with Crippen LogP contribution in [0.5, 0.6) is 0 Å². The normalized spacial score (nSPS) is 10.4. The molecule has 0 bridgehead atoms. The summed E-state index contributed by atoms with van der Waals surface area (Å²) in [6.07, 6.45) is -0.264. The largest absolute Gasteiger partial charge is 0.481 e. The minimum atomic E-state index is -1.19. The van der Waals surface area contributed by atoms with E-state index in [1.54, 1.807) is 31.3 Å². The Morgan fingerprint density at radius 2 is 1.95 bits per heavy atom. The SMILES string of the molecule is CNc1c(C(=O)O)nc2ccccc2c1CC(=O)O. The van der Waals surface area contributed by atoms with Gasteiger partial charge in [0.2, 0.25) is 0 Å². The molecule has 3 N–H and O–H groups in total. The predicted octanol–water partition coefficient (Wildman–Crippen LogP) is 1.60. The van der Waals surface area contributed by atoms with E-state index in [1.807, 2.05) is 0 Å². The number of aromatic nitrogens is 1. The summed E-state index contributed by atoms with van der Waals surface area (Å²) in [5.41, 5.74) is 0.971. The topological polar surface area (TPSA) is 99.5 Å². The first-order chi connectivity index (χ1) is 9.04. The number of fused-ring (bicyclic) bond motifs is 1. The molecule has 1 heterocycles. The maximum Gasteiger partial charge on any atom is 0.356 e. The molecule has 0 spiro atoms. The summed E-state index contributed by atoms with van der Waals surface area (Å²) in [7, 11) is 1.55. The highest BCUT2D eigenvalue weighted by atomic mass is 16.4. The van der Waals surface area contributed by atoms with Crippen LogP contribution in [0.3, 0.4) is 0 Å². The van der Waals surface area contributed by atoms with Crippen LogP contribution in [0.15, 0.2) is 24.3 Å². The molecule has 6 nitrogen and oxygen atoms in total. The molecule has 6 heteroatoms. The van der Waals surface area contributed by atoms with E-state index in [9.17, 15) is 9.59 Å². The van der Waals surface area contributed by atoms with E-state index in [0.29, 0.717) is 16.5 Å². The van der Waals surface area contributed by atoms with Gasteiger partial charge in [0.1, 0.15) is 0 Å². The van der Waals surface area contributed by atoms with Crippen molar-refractivity contribution in [2.24, 2.45) is 0 Å². The van der Waals surface area contributed by atoms with E-state index in [0.717, 1.165) is 0 Å². The zero-order valence-electron chi connectivity index (χ0n) is 10.2. The van der Waals surface area contributed by atoms with E-state index < -0.39 is 11.9 Å². The summed E-state index contributed by atoms with van der Waals surface area (Å²) < 4.78 is 0. The van der Waals surface area contributed by atoms with Crippen LogP contribution in [0.2, 0.25) is 0 Å². The van der Waals surface area contributed by atoms with Crippen LogP contribution in [0, 0.1) is 0 Å². The zero-order chi connectivity index (χ0) is 14.0. The fourth-order valence-electron chi connectivity index (χ4n) is 2.04. The van der Waals surface area contributed by atoms with E-state index >= 15 is 0 Å². The molecule has 19 heavy (non-hydrogen) atoms. The number of hydrogen-bond acceptors (Lipinski definition) is 4. The highest BCUT2D eigenvalue weighted by molar-refractivity contribution is 6.00. The van der Waals surface area contributed by atoms with Crippen molar-refractivity contribution in [2.45, 2.75) is 6.42 Å². The monoisotopic (exact) mass is 260 g/mol. The first-order valence-electron chi connectivity index (χ1n) is 5.59. The number of aromatic carboxylic acids is 1.